The summed E-state index contributed by atoms with van der Waals surface area (Å²) < 4.78 is 5.38. The first-order valence-electron chi connectivity index (χ1n) is 9.67. The Kier molecular flexibility index (Phi) is 7.26. The van der Waals surface area contributed by atoms with Crippen molar-refractivity contribution in [2.45, 2.75) is 32.3 Å². The highest BCUT2D eigenvalue weighted by atomic mass is 32.2. The number of nitrogens with one attached hydrogen (secondary N) is 1. The van der Waals surface area contributed by atoms with Crippen LogP contribution in [0.3, 0.4) is 0 Å². The number of morpholine rings is 1. The molecule has 29 heavy (non-hydrogen) atoms. The van der Waals surface area contributed by atoms with Gasteiger partial charge in [0.05, 0.1) is 24.5 Å². The number of thioether (sulfide) groups is 1. The molecule has 1 aliphatic heterocycles. The minimum Gasteiger partial charge on any atom is -0.379 e. The molecule has 152 valence electrons. The summed E-state index contributed by atoms with van der Waals surface area (Å²) in [6, 6.07) is 10.2. The fourth-order valence-corrected chi connectivity index (χ4v) is 4.07. The van der Waals surface area contributed by atoms with Crippen molar-refractivity contribution in [2.24, 2.45) is 0 Å². The normalized spacial score (nSPS) is 14.4. The van der Waals surface area contributed by atoms with Gasteiger partial charge in [-0.2, -0.15) is 5.26 Å². The minimum absolute atomic E-state index is 0.113. The summed E-state index contributed by atoms with van der Waals surface area (Å²) >= 11 is 1.30. The molecule has 2 heterocycles. The number of carbonyl (C=O) groups excluding carboxylic acids is 1. The average molecular weight is 411 g/mol. The molecule has 1 aliphatic rings. The zero-order valence-corrected chi connectivity index (χ0v) is 17.9. The number of benzene rings is 1. The second-order valence-corrected chi connectivity index (χ2v) is 8.13. The number of anilines is 1. The van der Waals surface area contributed by atoms with E-state index in [1.165, 1.54) is 17.3 Å². The van der Waals surface area contributed by atoms with Gasteiger partial charge in [0.25, 0.3) is 0 Å². The number of pyridine rings is 1. The Hall–Kier alpha value is -2.40. The molecule has 0 spiro atoms. The van der Waals surface area contributed by atoms with Crippen LogP contribution in [0.1, 0.15) is 27.9 Å². The Morgan fingerprint density at radius 2 is 1.90 bits per heavy atom. The first-order chi connectivity index (χ1) is 14.0. The molecule has 6 nitrogen and oxygen atoms in total. The molecule has 1 fully saturated rings. The number of amides is 1. The highest BCUT2D eigenvalue weighted by Gasteiger charge is 2.15. The van der Waals surface area contributed by atoms with Crippen LogP contribution in [0, 0.1) is 32.1 Å². The van der Waals surface area contributed by atoms with Crippen molar-refractivity contribution < 1.29 is 9.53 Å². The second kappa shape index (κ2) is 9.88. The standard InChI is InChI=1S/C22H26N4O2S/c1-15-16(2)20(12-23)22(24-17(15)3)29-14-21(27)25-19-6-4-18(5-7-19)13-26-8-10-28-11-9-26/h4-7H,8-11,13-14H2,1-3H3,(H,25,27). The van der Waals surface area contributed by atoms with Crippen molar-refractivity contribution in [3.8, 4) is 6.07 Å². The number of nitriles is 1. The third-order valence-electron chi connectivity index (χ3n) is 5.16. The van der Waals surface area contributed by atoms with Crippen molar-refractivity contribution in [1.29, 1.82) is 5.26 Å². The van der Waals surface area contributed by atoms with E-state index in [0.29, 0.717) is 10.6 Å². The second-order valence-electron chi connectivity index (χ2n) is 7.16. The van der Waals surface area contributed by atoms with Crippen LogP contribution in [-0.4, -0.2) is 47.8 Å². The van der Waals surface area contributed by atoms with E-state index < -0.39 is 0 Å². The third-order valence-corrected chi connectivity index (χ3v) is 6.14. The molecule has 1 aromatic carbocycles. The minimum atomic E-state index is -0.113. The van der Waals surface area contributed by atoms with E-state index in [1.807, 2.05) is 45.0 Å². The predicted molar refractivity (Wildman–Crippen MR) is 115 cm³/mol. The van der Waals surface area contributed by atoms with E-state index >= 15 is 0 Å². The monoisotopic (exact) mass is 410 g/mol. The zero-order chi connectivity index (χ0) is 20.8. The van der Waals surface area contributed by atoms with E-state index in [9.17, 15) is 10.1 Å². The quantitative estimate of drug-likeness (QED) is 0.735. The summed E-state index contributed by atoms with van der Waals surface area (Å²) in [7, 11) is 0. The molecule has 2 aromatic rings. The molecule has 0 radical (unpaired) electrons. The van der Waals surface area contributed by atoms with Crippen molar-refractivity contribution >= 4 is 23.4 Å². The number of nitrogens with zero attached hydrogens (tertiary/aromatic N) is 3. The highest BCUT2D eigenvalue weighted by Crippen LogP contribution is 2.26. The van der Waals surface area contributed by atoms with Crippen LogP contribution >= 0.6 is 11.8 Å². The van der Waals surface area contributed by atoms with Gasteiger partial charge in [0, 0.05) is 31.0 Å². The maximum atomic E-state index is 12.4. The Morgan fingerprint density at radius 3 is 2.55 bits per heavy atom. The number of aromatic nitrogens is 1. The number of ether oxygens (including phenoxy) is 1. The lowest BCUT2D eigenvalue weighted by Gasteiger charge is -2.26. The molecule has 7 heteroatoms. The maximum Gasteiger partial charge on any atom is 0.234 e. The van der Waals surface area contributed by atoms with Crippen LogP contribution in [0.15, 0.2) is 29.3 Å². The van der Waals surface area contributed by atoms with E-state index in [2.05, 4.69) is 21.3 Å². The Bertz CT molecular complexity index is 916. The van der Waals surface area contributed by atoms with Crippen LogP contribution < -0.4 is 5.32 Å². The lowest BCUT2D eigenvalue weighted by molar-refractivity contribution is -0.113. The number of carbonyl (C=O) groups is 1. The first-order valence-corrected chi connectivity index (χ1v) is 10.7. The van der Waals surface area contributed by atoms with Crippen LogP contribution in [0.4, 0.5) is 5.69 Å². The largest absolute Gasteiger partial charge is 0.379 e. The molecular weight excluding hydrogens is 384 g/mol. The van der Waals surface area contributed by atoms with Crippen molar-refractivity contribution in [3.05, 3.63) is 52.2 Å². The first kappa shape index (κ1) is 21.3. The maximum absolute atomic E-state index is 12.4. The Labute approximate surface area is 176 Å². The lowest BCUT2D eigenvalue weighted by atomic mass is 10.1. The smallest absolute Gasteiger partial charge is 0.234 e. The number of aryl methyl sites for hydroxylation is 1. The highest BCUT2D eigenvalue weighted by molar-refractivity contribution is 8.00. The summed E-state index contributed by atoms with van der Waals surface area (Å²) in [5, 5.41) is 13.0. The molecule has 0 atom stereocenters. The third kappa shape index (κ3) is 5.57. The van der Waals surface area contributed by atoms with Gasteiger partial charge in [-0.05, 0) is 49.6 Å². The molecule has 0 aliphatic carbocycles. The Morgan fingerprint density at radius 1 is 1.21 bits per heavy atom. The topological polar surface area (TPSA) is 78.2 Å². The van der Waals surface area contributed by atoms with Crippen LogP contribution in [-0.2, 0) is 16.1 Å². The molecule has 0 unspecified atom stereocenters. The summed E-state index contributed by atoms with van der Waals surface area (Å²) in [6.45, 7) is 10.2. The molecule has 1 N–H and O–H groups in total. The number of rotatable bonds is 6. The fourth-order valence-electron chi connectivity index (χ4n) is 3.19. The van der Waals surface area contributed by atoms with Gasteiger partial charge >= 0.3 is 0 Å². The van der Waals surface area contributed by atoms with Crippen LogP contribution in [0.2, 0.25) is 0 Å². The van der Waals surface area contributed by atoms with Gasteiger partial charge < -0.3 is 10.1 Å². The molecule has 1 aromatic heterocycles. The predicted octanol–water partition coefficient (Wildman–Crippen LogP) is 3.44. The lowest BCUT2D eigenvalue weighted by Crippen LogP contribution is -2.35. The summed E-state index contributed by atoms with van der Waals surface area (Å²) in [5.41, 5.74) is 5.38. The molecule has 1 amide bonds. The molecule has 1 saturated heterocycles. The summed E-state index contributed by atoms with van der Waals surface area (Å²) in [4.78, 5) is 19.2. The number of hydrogen-bond donors (Lipinski definition) is 1. The van der Waals surface area contributed by atoms with E-state index in [0.717, 1.165) is 55.4 Å². The number of hydrogen-bond acceptors (Lipinski definition) is 6. The summed E-state index contributed by atoms with van der Waals surface area (Å²) in [6.07, 6.45) is 0. The van der Waals surface area contributed by atoms with Gasteiger partial charge in [-0.3, -0.25) is 9.69 Å². The van der Waals surface area contributed by atoms with Gasteiger partial charge in [-0.25, -0.2) is 4.98 Å². The van der Waals surface area contributed by atoms with E-state index in [1.54, 1.807) is 0 Å². The Balaban J connectivity index is 1.55. The van der Waals surface area contributed by atoms with Crippen LogP contribution in [0.5, 0.6) is 0 Å². The van der Waals surface area contributed by atoms with Crippen LogP contribution in [0.25, 0.3) is 0 Å². The van der Waals surface area contributed by atoms with Gasteiger partial charge in [-0.1, -0.05) is 23.9 Å². The summed E-state index contributed by atoms with van der Waals surface area (Å²) in [5.74, 6) is 0.0941. The van der Waals surface area contributed by atoms with Gasteiger partial charge in [0.2, 0.25) is 5.91 Å². The van der Waals surface area contributed by atoms with Gasteiger partial charge in [-0.15, -0.1) is 0 Å². The SMILES string of the molecule is Cc1nc(SCC(=O)Nc2ccc(CN3CCOCC3)cc2)c(C#N)c(C)c1C. The van der Waals surface area contributed by atoms with Gasteiger partial charge in [0.15, 0.2) is 0 Å². The van der Waals surface area contributed by atoms with Crippen molar-refractivity contribution in [1.82, 2.24) is 9.88 Å². The van der Waals surface area contributed by atoms with Crippen molar-refractivity contribution in [3.63, 3.8) is 0 Å². The molecule has 0 saturated carbocycles. The molecular formula is C22H26N4O2S. The van der Waals surface area contributed by atoms with Gasteiger partial charge in [0.1, 0.15) is 11.1 Å². The fraction of sp³-hybridized carbons (Fsp3) is 0.409. The van der Waals surface area contributed by atoms with E-state index in [-0.39, 0.29) is 11.7 Å². The zero-order valence-electron chi connectivity index (χ0n) is 17.1. The molecule has 0 bridgehead atoms. The average Bonchev–Trinajstić information content (AvgIpc) is 2.73. The van der Waals surface area contributed by atoms with E-state index in [4.69, 9.17) is 4.74 Å². The molecule has 3 rings (SSSR count). The van der Waals surface area contributed by atoms with Crippen molar-refractivity contribution in [2.75, 3.05) is 37.4 Å².